The first-order valence-electron chi connectivity index (χ1n) is 11.2. The maximum atomic E-state index is 13.4. The van der Waals surface area contributed by atoms with Gasteiger partial charge in [-0.1, -0.05) is 49.4 Å². The normalized spacial score (nSPS) is 16.9. The van der Waals surface area contributed by atoms with E-state index in [1.54, 1.807) is 0 Å². The molecule has 1 saturated heterocycles. The van der Waals surface area contributed by atoms with Crippen molar-refractivity contribution in [2.45, 2.75) is 51.5 Å². The van der Waals surface area contributed by atoms with E-state index >= 15 is 0 Å². The molecular weight excluding hydrogens is 424 g/mol. The highest BCUT2D eigenvalue weighted by Gasteiger charge is 2.37. The molecular formula is C25H34N2O4S. The van der Waals surface area contributed by atoms with E-state index in [0.717, 1.165) is 30.2 Å². The molecule has 174 valence electrons. The number of rotatable bonds is 8. The van der Waals surface area contributed by atoms with Gasteiger partial charge in [-0.05, 0) is 55.9 Å². The number of nitrogens with one attached hydrogen (secondary N) is 1. The minimum atomic E-state index is -3.67. The van der Waals surface area contributed by atoms with Crippen LogP contribution in [0.3, 0.4) is 0 Å². The van der Waals surface area contributed by atoms with Crippen LogP contribution in [-0.2, 0) is 25.0 Å². The molecule has 1 amide bonds. The summed E-state index contributed by atoms with van der Waals surface area (Å²) in [4.78, 5) is 13.4. The summed E-state index contributed by atoms with van der Waals surface area (Å²) < 4.78 is 32.5. The van der Waals surface area contributed by atoms with Crippen molar-refractivity contribution >= 4 is 21.6 Å². The van der Waals surface area contributed by atoms with Crippen LogP contribution in [0.25, 0.3) is 0 Å². The summed E-state index contributed by atoms with van der Waals surface area (Å²) in [6.45, 7) is 7.35. The SMILES string of the molecule is CC[C@H](C(=O)NCC1(c2ccccc2)CCOCC1)N(c1cc(C)ccc1C)S(C)(=O)=O. The Hall–Kier alpha value is -2.38. The van der Waals surface area contributed by atoms with Gasteiger partial charge in [0.2, 0.25) is 15.9 Å². The molecule has 0 spiro atoms. The maximum Gasteiger partial charge on any atom is 0.243 e. The summed E-state index contributed by atoms with van der Waals surface area (Å²) in [5.74, 6) is -0.277. The van der Waals surface area contributed by atoms with Gasteiger partial charge in [-0.2, -0.15) is 0 Å². The predicted molar refractivity (Wildman–Crippen MR) is 129 cm³/mol. The smallest absolute Gasteiger partial charge is 0.243 e. The summed E-state index contributed by atoms with van der Waals surface area (Å²) in [6.07, 6.45) is 3.14. The summed E-state index contributed by atoms with van der Waals surface area (Å²) in [7, 11) is -3.67. The molecule has 0 saturated carbocycles. The van der Waals surface area contributed by atoms with E-state index in [0.29, 0.717) is 31.9 Å². The Kier molecular flexibility index (Phi) is 7.62. The Balaban J connectivity index is 1.89. The molecule has 6 nitrogen and oxygen atoms in total. The number of carbonyl (C=O) groups is 1. The van der Waals surface area contributed by atoms with Crippen molar-refractivity contribution < 1.29 is 17.9 Å². The Bertz CT molecular complexity index is 1030. The van der Waals surface area contributed by atoms with E-state index in [-0.39, 0.29) is 11.3 Å². The van der Waals surface area contributed by atoms with Crippen molar-refractivity contribution in [3.05, 3.63) is 65.2 Å². The Morgan fingerprint density at radius 1 is 1.12 bits per heavy atom. The quantitative estimate of drug-likeness (QED) is 0.654. The van der Waals surface area contributed by atoms with Crippen LogP contribution in [0.4, 0.5) is 5.69 Å². The molecule has 2 aromatic rings. The second-order valence-corrected chi connectivity index (χ2v) is 10.6. The molecule has 2 aromatic carbocycles. The van der Waals surface area contributed by atoms with Crippen LogP contribution in [0.15, 0.2) is 48.5 Å². The number of hydrogen-bond donors (Lipinski definition) is 1. The van der Waals surface area contributed by atoms with Crippen molar-refractivity contribution in [2.75, 3.05) is 30.3 Å². The lowest BCUT2D eigenvalue weighted by Gasteiger charge is -2.39. The zero-order valence-electron chi connectivity index (χ0n) is 19.4. The van der Waals surface area contributed by atoms with Gasteiger partial charge in [0.05, 0.1) is 11.9 Å². The van der Waals surface area contributed by atoms with E-state index in [9.17, 15) is 13.2 Å². The molecule has 1 N–H and O–H groups in total. The van der Waals surface area contributed by atoms with Crippen LogP contribution >= 0.6 is 0 Å². The van der Waals surface area contributed by atoms with E-state index in [1.807, 2.05) is 57.2 Å². The summed E-state index contributed by atoms with van der Waals surface area (Å²) in [5.41, 5.74) is 3.27. The third-order valence-electron chi connectivity index (χ3n) is 6.37. The lowest BCUT2D eigenvalue weighted by Crippen LogP contribution is -2.53. The highest BCUT2D eigenvalue weighted by Crippen LogP contribution is 2.34. The fourth-order valence-electron chi connectivity index (χ4n) is 4.49. The van der Waals surface area contributed by atoms with Gasteiger partial charge in [0.1, 0.15) is 6.04 Å². The Morgan fingerprint density at radius 2 is 1.78 bits per heavy atom. The van der Waals surface area contributed by atoms with Gasteiger partial charge < -0.3 is 10.1 Å². The largest absolute Gasteiger partial charge is 0.381 e. The number of anilines is 1. The maximum absolute atomic E-state index is 13.4. The third-order valence-corrected chi connectivity index (χ3v) is 7.53. The van der Waals surface area contributed by atoms with Crippen molar-refractivity contribution in [3.63, 3.8) is 0 Å². The number of ether oxygens (including phenoxy) is 1. The molecule has 0 bridgehead atoms. The van der Waals surface area contributed by atoms with Gasteiger partial charge in [-0.3, -0.25) is 9.10 Å². The average molecular weight is 459 g/mol. The molecule has 3 rings (SSSR count). The third kappa shape index (κ3) is 5.33. The molecule has 32 heavy (non-hydrogen) atoms. The minimum Gasteiger partial charge on any atom is -0.381 e. The van der Waals surface area contributed by atoms with Crippen LogP contribution < -0.4 is 9.62 Å². The summed E-state index contributed by atoms with van der Waals surface area (Å²) in [5, 5.41) is 3.10. The minimum absolute atomic E-state index is 0.220. The van der Waals surface area contributed by atoms with Crippen LogP contribution in [0.5, 0.6) is 0 Å². The Labute approximate surface area is 192 Å². The van der Waals surface area contributed by atoms with Crippen molar-refractivity contribution in [1.29, 1.82) is 0 Å². The fraction of sp³-hybridized carbons (Fsp3) is 0.480. The van der Waals surface area contributed by atoms with Crippen LogP contribution in [0.1, 0.15) is 42.9 Å². The summed E-state index contributed by atoms with van der Waals surface area (Å²) in [6, 6.07) is 15.0. The van der Waals surface area contributed by atoms with E-state index in [2.05, 4.69) is 17.4 Å². The van der Waals surface area contributed by atoms with Crippen molar-refractivity contribution in [1.82, 2.24) is 5.32 Å². The zero-order valence-corrected chi connectivity index (χ0v) is 20.2. The first-order chi connectivity index (χ1) is 15.2. The van der Waals surface area contributed by atoms with E-state index in [1.165, 1.54) is 9.87 Å². The second kappa shape index (κ2) is 10.0. The van der Waals surface area contributed by atoms with Crippen molar-refractivity contribution in [2.24, 2.45) is 0 Å². The second-order valence-electron chi connectivity index (χ2n) is 8.75. The van der Waals surface area contributed by atoms with Crippen LogP contribution in [0, 0.1) is 13.8 Å². The first kappa shape index (κ1) is 24.3. The molecule has 0 aromatic heterocycles. The number of sulfonamides is 1. The number of hydrogen-bond acceptors (Lipinski definition) is 4. The molecule has 1 atom stereocenters. The zero-order chi connectivity index (χ0) is 23.4. The fourth-order valence-corrected chi connectivity index (χ4v) is 5.75. The van der Waals surface area contributed by atoms with Gasteiger partial charge in [0, 0.05) is 25.2 Å². The number of aryl methyl sites for hydroxylation is 2. The number of nitrogens with zero attached hydrogens (tertiary/aromatic N) is 1. The first-order valence-corrected chi connectivity index (χ1v) is 13.0. The van der Waals surface area contributed by atoms with Crippen molar-refractivity contribution in [3.8, 4) is 0 Å². The monoisotopic (exact) mass is 458 g/mol. The highest BCUT2D eigenvalue weighted by molar-refractivity contribution is 7.92. The van der Waals surface area contributed by atoms with Gasteiger partial charge >= 0.3 is 0 Å². The van der Waals surface area contributed by atoms with E-state index in [4.69, 9.17) is 4.74 Å². The van der Waals surface area contributed by atoms with Gasteiger partial charge in [0.25, 0.3) is 0 Å². The topological polar surface area (TPSA) is 75.7 Å². The average Bonchev–Trinajstić information content (AvgIpc) is 2.78. The standard InChI is InChI=1S/C25H34N2O4S/c1-5-22(27(32(4,29)30)23-17-19(2)11-12-20(23)3)24(28)26-18-25(13-15-31-16-14-25)21-9-7-6-8-10-21/h6-12,17,22H,5,13-16,18H2,1-4H3,(H,26,28)/t22-/m1/s1. The molecule has 1 fully saturated rings. The van der Waals surface area contributed by atoms with Gasteiger partial charge in [-0.15, -0.1) is 0 Å². The predicted octanol–water partition coefficient (Wildman–Crippen LogP) is 3.71. The molecule has 0 aliphatic carbocycles. The molecule has 0 unspecified atom stereocenters. The molecule has 0 radical (unpaired) electrons. The van der Waals surface area contributed by atoms with Crippen LogP contribution in [0.2, 0.25) is 0 Å². The molecule has 1 aliphatic heterocycles. The molecule has 7 heteroatoms. The lowest BCUT2D eigenvalue weighted by molar-refractivity contribution is -0.122. The Morgan fingerprint density at radius 3 is 2.38 bits per heavy atom. The van der Waals surface area contributed by atoms with E-state index < -0.39 is 16.1 Å². The lowest BCUT2D eigenvalue weighted by atomic mass is 9.74. The number of benzene rings is 2. The molecule has 1 aliphatic rings. The van der Waals surface area contributed by atoms with Gasteiger partial charge in [0.15, 0.2) is 0 Å². The highest BCUT2D eigenvalue weighted by atomic mass is 32.2. The van der Waals surface area contributed by atoms with Gasteiger partial charge in [-0.25, -0.2) is 8.42 Å². The van der Waals surface area contributed by atoms with Crippen LogP contribution in [-0.4, -0.2) is 46.4 Å². The number of carbonyl (C=O) groups excluding carboxylic acids is 1. The summed E-state index contributed by atoms with van der Waals surface area (Å²) >= 11 is 0. The molecule has 1 heterocycles. The number of amides is 1.